The van der Waals surface area contributed by atoms with E-state index in [1.54, 1.807) is 11.3 Å². The molecule has 2 aromatic heterocycles. The first-order valence-electron chi connectivity index (χ1n) is 12.6. The summed E-state index contributed by atoms with van der Waals surface area (Å²) < 4.78 is 2.16. The third-order valence-electron chi connectivity index (χ3n) is 7.71. The van der Waals surface area contributed by atoms with Gasteiger partial charge in [0.15, 0.2) is 5.01 Å². The summed E-state index contributed by atoms with van der Waals surface area (Å²) in [6.07, 6.45) is 2.93. The van der Waals surface area contributed by atoms with Crippen molar-refractivity contribution in [1.82, 2.24) is 20.0 Å². The number of hydrogen-bond donors (Lipinski definition) is 1. The number of hydrogen-bond acceptors (Lipinski definition) is 5. The van der Waals surface area contributed by atoms with Crippen molar-refractivity contribution in [3.05, 3.63) is 82.0 Å². The van der Waals surface area contributed by atoms with Gasteiger partial charge in [-0.05, 0) is 58.1 Å². The van der Waals surface area contributed by atoms with Gasteiger partial charge in [0.05, 0.1) is 22.8 Å². The van der Waals surface area contributed by atoms with Gasteiger partial charge in [-0.1, -0.05) is 85.3 Å². The van der Waals surface area contributed by atoms with Gasteiger partial charge in [-0.25, -0.2) is 4.68 Å². The van der Waals surface area contributed by atoms with Crippen molar-refractivity contribution in [2.45, 2.75) is 77.8 Å². The Morgan fingerprint density at radius 1 is 1.00 bits per heavy atom. The summed E-state index contributed by atoms with van der Waals surface area (Å²) in [5, 5.41) is 20.4. The fourth-order valence-corrected chi connectivity index (χ4v) is 6.81. The second kappa shape index (κ2) is 8.90. The van der Waals surface area contributed by atoms with Gasteiger partial charge in [-0.2, -0.15) is 5.10 Å². The first-order valence-corrected chi connectivity index (χ1v) is 13.4. The van der Waals surface area contributed by atoms with Gasteiger partial charge < -0.3 is 5.32 Å². The zero-order valence-corrected chi connectivity index (χ0v) is 22.4. The lowest BCUT2D eigenvalue weighted by atomic mass is 9.76. The normalized spacial score (nSPS) is 17.1. The molecule has 182 valence electrons. The lowest BCUT2D eigenvalue weighted by Crippen LogP contribution is -2.37. The van der Waals surface area contributed by atoms with Crippen LogP contribution in [0.3, 0.4) is 0 Å². The minimum Gasteiger partial charge on any atom is -0.363 e. The molecule has 0 unspecified atom stereocenters. The van der Waals surface area contributed by atoms with Crippen LogP contribution in [0, 0.1) is 13.8 Å². The van der Waals surface area contributed by atoms with E-state index in [-0.39, 0.29) is 17.0 Å². The fourth-order valence-electron chi connectivity index (χ4n) is 5.52. The molecular weight excluding hydrogens is 450 g/mol. The molecule has 0 saturated carbocycles. The Bertz CT molecular complexity index is 1310. The van der Waals surface area contributed by atoms with Crippen LogP contribution >= 0.6 is 11.3 Å². The maximum absolute atomic E-state index is 4.98. The molecule has 1 atom stereocenters. The second-order valence-corrected chi connectivity index (χ2v) is 11.4. The highest BCUT2D eigenvalue weighted by Crippen LogP contribution is 2.47. The lowest BCUT2D eigenvalue weighted by Gasteiger charge is -2.38. The molecule has 0 bridgehead atoms. The average Bonchev–Trinajstić information content (AvgIpc) is 3.46. The number of fused-ring (bicyclic) bond motifs is 1. The van der Waals surface area contributed by atoms with Gasteiger partial charge in [0.2, 0.25) is 0 Å². The van der Waals surface area contributed by atoms with E-state index in [9.17, 15) is 0 Å². The van der Waals surface area contributed by atoms with Crippen LogP contribution in [-0.4, -0.2) is 20.0 Å². The molecule has 1 aliphatic heterocycles. The monoisotopic (exact) mass is 485 g/mol. The Kier molecular flexibility index (Phi) is 6.04. The predicted molar refractivity (Wildman–Crippen MR) is 145 cm³/mol. The molecule has 0 fully saturated rings. The molecule has 6 heteroatoms. The van der Waals surface area contributed by atoms with Gasteiger partial charge in [-0.3, -0.25) is 0 Å². The number of aromatic nitrogens is 4. The van der Waals surface area contributed by atoms with Crippen LogP contribution in [0.2, 0.25) is 0 Å². The van der Waals surface area contributed by atoms with Crippen LogP contribution in [0.4, 0.5) is 5.82 Å². The molecule has 5 rings (SSSR count). The predicted octanol–water partition coefficient (Wildman–Crippen LogP) is 7.42. The molecular formula is C29H35N5S. The number of benzene rings is 2. The maximum atomic E-state index is 4.98. The van der Waals surface area contributed by atoms with Crippen molar-refractivity contribution in [1.29, 1.82) is 0 Å². The largest absolute Gasteiger partial charge is 0.363 e. The lowest BCUT2D eigenvalue weighted by molar-refractivity contribution is 0.263. The molecule has 3 heterocycles. The Labute approximate surface area is 212 Å². The number of anilines is 1. The smallest absolute Gasteiger partial charge is 0.153 e. The van der Waals surface area contributed by atoms with E-state index in [4.69, 9.17) is 15.3 Å². The highest BCUT2D eigenvalue weighted by atomic mass is 32.1. The highest BCUT2D eigenvalue weighted by Gasteiger charge is 2.39. The van der Waals surface area contributed by atoms with Gasteiger partial charge >= 0.3 is 0 Å². The zero-order valence-electron chi connectivity index (χ0n) is 21.6. The fraction of sp³-hybridized carbons (Fsp3) is 0.414. The maximum Gasteiger partial charge on any atom is 0.153 e. The second-order valence-electron chi connectivity index (χ2n) is 10.4. The summed E-state index contributed by atoms with van der Waals surface area (Å²) >= 11 is 1.71. The van der Waals surface area contributed by atoms with Gasteiger partial charge in [-0.15, -0.1) is 10.2 Å². The van der Waals surface area contributed by atoms with E-state index >= 15 is 0 Å². The molecule has 5 nitrogen and oxygen atoms in total. The summed E-state index contributed by atoms with van der Waals surface area (Å²) in [4.78, 5) is 0. The quantitative estimate of drug-likeness (QED) is 0.309. The van der Waals surface area contributed by atoms with E-state index in [0.717, 1.165) is 46.4 Å². The van der Waals surface area contributed by atoms with Crippen molar-refractivity contribution < 1.29 is 0 Å². The Hall–Kier alpha value is -2.99. The Morgan fingerprint density at radius 3 is 2.34 bits per heavy atom. The van der Waals surface area contributed by atoms with Crippen molar-refractivity contribution in [2.24, 2.45) is 0 Å². The topological polar surface area (TPSA) is 55.6 Å². The number of rotatable bonds is 6. The van der Waals surface area contributed by atoms with Gasteiger partial charge in [0.1, 0.15) is 10.8 Å². The highest BCUT2D eigenvalue weighted by molar-refractivity contribution is 7.15. The minimum absolute atomic E-state index is 0.115. The van der Waals surface area contributed by atoms with Crippen molar-refractivity contribution in [2.75, 3.05) is 5.32 Å². The molecule has 0 saturated heterocycles. The molecule has 0 aliphatic carbocycles. The average molecular weight is 486 g/mol. The molecule has 0 radical (unpaired) electrons. The summed E-state index contributed by atoms with van der Waals surface area (Å²) in [5.41, 5.74) is 5.70. The van der Waals surface area contributed by atoms with Crippen LogP contribution in [0.15, 0.2) is 54.6 Å². The van der Waals surface area contributed by atoms with Crippen LogP contribution in [0.5, 0.6) is 0 Å². The third kappa shape index (κ3) is 3.98. The zero-order chi connectivity index (χ0) is 24.8. The molecule has 0 amide bonds. The summed E-state index contributed by atoms with van der Waals surface area (Å²) in [5.74, 6) is 1.05. The molecule has 0 spiro atoms. The van der Waals surface area contributed by atoms with Crippen LogP contribution in [-0.2, 0) is 11.0 Å². The van der Waals surface area contributed by atoms with Crippen LogP contribution in [0.25, 0.3) is 10.6 Å². The van der Waals surface area contributed by atoms with E-state index < -0.39 is 0 Å². The third-order valence-corrected chi connectivity index (χ3v) is 8.85. The van der Waals surface area contributed by atoms with Gasteiger partial charge in [0, 0.05) is 5.41 Å². The molecule has 1 aliphatic rings. The SMILES string of the molecule is CCC(CC)(c1ccc(C)cc1)c1nnc(-c2c(C)nn3c2N[C@@H](c2ccccc2)CC3(C)C)s1. The van der Waals surface area contributed by atoms with E-state index in [1.807, 2.05) is 0 Å². The number of nitrogens with zero attached hydrogens (tertiary/aromatic N) is 4. The van der Waals surface area contributed by atoms with E-state index in [0.29, 0.717) is 0 Å². The molecule has 1 N–H and O–H groups in total. The standard InChI is InChI=1S/C29H35N5S/c1-7-29(8-2,22-16-14-19(3)15-17-22)27-32-31-26(35-27)24-20(4)33-34-25(24)30-23(18-28(34,5)6)21-12-10-9-11-13-21/h9-17,23,30H,7-8,18H2,1-6H3/t23-/m1/s1. The molecule has 2 aromatic carbocycles. The van der Waals surface area contributed by atoms with Crippen molar-refractivity contribution >= 4 is 17.2 Å². The number of aryl methyl sites for hydroxylation is 2. The van der Waals surface area contributed by atoms with E-state index in [1.165, 1.54) is 16.7 Å². The van der Waals surface area contributed by atoms with Crippen molar-refractivity contribution in [3.8, 4) is 10.6 Å². The van der Waals surface area contributed by atoms with Crippen LogP contribution < -0.4 is 5.32 Å². The summed E-state index contributed by atoms with van der Waals surface area (Å²) in [6, 6.07) is 19.8. The van der Waals surface area contributed by atoms with E-state index in [2.05, 4.69) is 106 Å². The number of nitrogens with one attached hydrogen (secondary N) is 1. The minimum atomic E-state index is -0.135. The Morgan fingerprint density at radius 2 is 1.69 bits per heavy atom. The van der Waals surface area contributed by atoms with Crippen LogP contribution in [0.1, 0.15) is 80.4 Å². The Balaban J connectivity index is 1.59. The summed E-state index contributed by atoms with van der Waals surface area (Å²) in [7, 11) is 0. The molecule has 35 heavy (non-hydrogen) atoms. The first-order chi connectivity index (χ1) is 16.8. The van der Waals surface area contributed by atoms with Gasteiger partial charge in [0.25, 0.3) is 0 Å². The van der Waals surface area contributed by atoms with Crippen molar-refractivity contribution in [3.63, 3.8) is 0 Å². The molecule has 4 aromatic rings. The first kappa shape index (κ1) is 23.7. The summed E-state index contributed by atoms with van der Waals surface area (Å²) in [6.45, 7) is 13.3.